The summed E-state index contributed by atoms with van der Waals surface area (Å²) in [6.45, 7) is 5.07. The van der Waals surface area contributed by atoms with Crippen LogP contribution in [0.5, 0.6) is 11.5 Å². The summed E-state index contributed by atoms with van der Waals surface area (Å²) in [4.78, 5) is 8.27. The molecule has 0 spiro atoms. The molecule has 0 saturated heterocycles. The third-order valence-corrected chi connectivity index (χ3v) is 3.19. The molecule has 4 N–H and O–H groups in total. The summed E-state index contributed by atoms with van der Waals surface area (Å²) in [5.41, 5.74) is 7.57. The lowest BCUT2D eigenvalue weighted by Gasteiger charge is -2.12. The first-order valence-electron chi connectivity index (χ1n) is 6.85. The van der Waals surface area contributed by atoms with Crippen LogP contribution in [0.1, 0.15) is 5.56 Å². The zero-order chi connectivity index (χ0) is 15.4. The van der Waals surface area contributed by atoms with Crippen molar-refractivity contribution in [2.75, 3.05) is 29.7 Å². The molecule has 0 unspecified atom stereocenters. The quantitative estimate of drug-likeness (QED) is 0.702. The fourth-order valence-electron chi connectivity index (χ4n) is 2.08. The van der Waals surface area contributed by atoms with E-state index < -0.39 is 0 Å². The number of fused-ring (bicyclic) bond motifs is 1. The Morgan fingerprint density at radius 1 is 1.18 bits per heavy atom. The third-order valence-electron chi connectivity index (χ3n) is 3.19. The van der Waals surface area contributed by atoms with Gasteiger partial charge in [-0.05, 0) is 17.7 Å². The van der Waals surface area contributed by atoms with Gasteiger partial charge >= 0.3 is 0 Å². The van der Waals surface area contributed by atoms with Gasteiger partial charge in [0, 0.05) is 13.1 Å². The summed E-state index contributed by atoms with van der Waals surface area (Å²) in [7, 11) is 0. The van der Waals surface area contributed by atoms with Crippen LogP contribution in [0.15, 0.2) is 37.2 Å². The summed E-state index contributed by atoms with van der Waals surface area (Å²) in [5, 5.41) is 6.26. The first-order valence-corrected chi connectivity index (χ1v) is 6.85. The highest BCUT2D eigenvalue weighted by atomic mass is 16.7. The van der Waals surface area contributed by atoms with E-state index in [4.69, 9.17) is 15.2 Å². The van der Waals surface area contributed by atoms with E-state index in [2.05, 4.69) is 27.2 Å². The molecule has 114 valence electrons. The van der Waals surface area contributed by atoms with Crippen molar-refractivity contribution < 1.29 is 9.47 Å². The van der Waals surface area contributed by atoms with Crippen molar-refractivity contribution in [3.05, 3.63) is 42.7 Å². The van der Waals surface area contributed by atoms with E-state index in [0.717, 1.165) is 17.1 Å². The molecule has 7 nitrogen and oxygen atoms in total. The van der Waals surface area contributed by atoms with Crippen LogP contribution in [-0.2, 0) is 6.54 Å². The molecule has 7 heteroatoms. The number of aromatic nitrogens is 2. The van der Waals surface area contributed by atoms with Crippen molar-refractivity contribution >= 4 is 17.3 Å². The molecule has 0 saturated carbocycles. The van der Waals surface area contributed by atoms with E-state index in [1.807, 2.05) is 18.2 Å². The van der Waals surface area contributed by atoms with E-state index in [1.165, 1.54) is 6.33 Å². The van der Waals surface area contributed by atoms with Gasteiger partial charge in [0.15, 0.2) is 23.1 Å². The van der Waals surface area contributed by atoms with Crippen LogP contribution in [0.4, 0.5) is 17.3 Å². The lowest BCUT2D eigenvalue weighted by molar-refractivity contribution is 0.174. The van der Waals surface area contributed by atoms with Gasteiger partial charge in [0.1, 0.15) is 12.0 Å². The molecule has 1 aliphatic heterocycles. The highest BCUT2D eigenvalue weighted by Crippen LogP contribution is 2.32. The third kappa shape index (κ3) is 2.88. The second kappa shape index (κ2) is 6.21. The van der Waals surface area contributed by atoms with Crippen LogP contribution >= 0.6 is 0 Å². The highest BCUT2D eigenvalue weighted by Gasteiger charge is 2.13. The number of nitrogens with zero attached hydrogens (tertiary/aromatic N) is 2. The first kappa shape index (κ1) is 14.0. The molecular formula is C15H17N5O2. The largest absolute Gasteiger partial charge is 0.454 e. The Morgan fingerprint density at radius 2 is 1.95 bits per heavy atom. The van der Waals surface area contributed by atoms with Crippen molar-refractivity contribution in [3.8, 4) is 11.5 Å². The van der Waals surface area contributed by atoms with E-state index in [9.17, 15) is 0 Å². The van der Waals surface area contributed by atoms with Gasteiger partial charge in [-0.1, -0.05) is 12.1 Å². The Kier molecular flexibility index (Phi) is 3.95. The molecule has 1 aliphatic rings. The highest BCUT2D eigenvalue weighted by molar-refractivity contribution is 5.74. The molecule has 22 heavy (non-hydrogen) atoms. The maximum Gasteiger partial charge on any atom is 0.231 e. The second-order valence-electron chi connectivity index (χ2n) is 4.70. The minimum atomic E-state index is 0.267. The molecule has 2 aromatic rings. The fraction of sp³-hybridized carbons (Fsp3) is 0.200. The maximum absolute atomic E-state index is 6.05. The summed E-state index contributed by atoms with van der Waals surface area (Å²) in [6, 6.07) is 5.79. The normalized spacial score (nSPS) is 12.0. The lowest BCUT2D eigenvalue weighted by Crippen LogP contribution is -2.09. The molecule has 3 rings (SSSR count). The predicted molar refractivity (Wildman–Crippen MR) is 85.0 cm³/mol. The predicted octanol–water partition coefficient (Wildman–Crippen LogP) is 2.00. The van der Waals surface area contributed by atoms with Gasteiger partial charge < -0.3 is 25.8 Å². The maximum atomic E-state index is 6.05. The van der Waals surface area contributed by atoms with Gasteiger partial charge in [-0.2, -0.15) is 0 Å². The average Bonchev–Trinajstić information content (AvgIpc) is 3.00. The van der Waals surface area contributed by atoms with E-state index in [0.29, 0.717) is 30.4 Å². The van der Waals surface area contributed by atoms with Crippen LogP contribution in [0, 0.1) is 0 Å². The molecule has 0 radical (unpaired) electrons. The molecule has 1 aromatic carbocycles. The van der Waals surface area contributed by atoms with Crippen molar-refractivity contribution in [1.82, 2.24) is 9.97 Å². The number of benzene rings is 1. The molecule has 1 aromatic heterocycles. The summed E-state index contributed by atoms with van der Waals surface area (Å²) in [5.74, 6) is 2.69. The molecule has 0 aliphatic carbocycles. The molecule has 0 amide bonds. The number of nitrogens with two attached hydrogens (primary N) is 1. The van der Waals surface area contributed by atoms with Gasteiger partial charge in [0.25, 0.3) is 0 Å². The summed E-state index contributed by atoms with van der Waals surface area (Å²) < 4.78 is 10.6. The molecule has 0 fully saturated rings. The lowest BCUT2D eigenvalue weighted by atomic mass is 10.2. The Bertz CT molecular complexity index is 690. The Labute approximate surface area is 128 Å². The number of nitrogen functional groups attached to an aromatic ring is 1. The van der Waals surface area contributed by atoms with Crippen molar-refractivity contribution in [2.45, 2.75) is 6.54 Å². The van der Waals surface area contributed by atoms with Gasteiger partial charge in [0.2, 0.25) is 6.79 Å². The fourth-order valence-corrected chi connectivity index (χ4v) is 2.08. The standard InChI is InChI=1S/C15H17N5O2/c1-2-5-17-14-13(16)15(20-8-19-14)18-7-10-3-4-11-12(6-10)22-9-21-11/h2-4,6,8H,1,5,7,9,16H2,(H2,17,18,19,20). The van der Waals surface area contributed by atoms with Gasteiger partial charge in [-0.15, -0.1) is 6.58 Å². The number of anilines is 3. The van der Waals surface area contributed by atoms with Gasteiger partial charge in [-0.3, -0.25) is 0 Å². The minimum Gasteiger partial charge on any atom is -0.454 e. The topological polar surface area (TPSA) is 94.3 Å². The Morgan fingerprint density at radius 3 is 2.77 bits per heavy atom. The molecule has 2 heterocycles. The SMILES string of the molecule is C=CCNc1ncnc(NCc2ccc3c(c2)OCO3)c1N. The number of ether oxygens (including phenoxy) is 2. The van der Waals surface area contributed by atoms with Crippen LogP contribution in [-0.4, -0.2) is 23.3 Å². The average molecular weight is 299 g/mol. The minimum absolute atomic E-state index is 0.267. The van der Waals surface area contributed by atoms with Crippen LogP contribution in [0.3, 0.4) is 0 Å². The number of hydrogen-bond donors (Lipinski definition) is 3. The van der Waals surface area contributed by atoms with E-state index >= 15 is 0 Å². The number of hydrogen-bond acceptors (Lipinski definition) is 7. The van der Waals surface area contributed by atoms with Crippen LogP contribution < -0.4 is 25.8 Å². The molecule has 0 atom stereocenters. The monoisotopic (exact) mass is 299 g/mol. The van der Waals surface area contributed by atoms with Gasteiger partial charge in [0.05, 0.1) is 0 Å². The zero-order valence-corrected chi connectivity index (χ0v) is 12.0. The number of rotatable bonds is 6. The molecular weight excluding hydrogens is 282 g/mol. The summed E-state index contributed by atoms with van der Waals surface area (Å²) >= 11 is 0. The van der Waals surface area contributed by atoms with E-state index in [1.54, 1.807) is 6.08 Å². The first-order chi connectivity index (χ1) is 10.8. The Hall–Kier alpha value is -2.96. The zero-order valence-electron chi connectivity index (χ0n) is 12.0. The second-order valence-corrected chi connectivity index (χ2v) is 4.70. The Balaban J connectivity index is 1.69. The summed E-state index contributed by atoms with van der Waals surface area (Å²) in [6.07, 6.45) is 3.20. The van der Waals surface area contributed by atoms with Crippen LogP contribution in [0.2, 0.25) is 0 Å². The van der Waals surface area contributed by atoms with Crippen LogP contribution in [0.25, 0.3) is 0 Å². The van der Waals surface area contributed by atoms with Crippen molar-refractivity contribution in [2.24, 2.45) is 0 Å². The van der Waals surface area contributed by atoms with Crippen molar-refractivity contribution in [3.63, 3.8) is 0 Å². The van der Waals surface area contributed by atoms with E-state index in [-0.39, 0.29) is 6.79 Å². The van der Waals surface area contributed by atoms with Gasteiger partial charge in [-0.25, -0.2) is 9.97 Å². The van der Waals surface area contributed by atoms with Crippen molar-refractivity contribution in [1.29, 1.82) is 0 Å². The smallest absolute Gasteiger partial charge is 0.231 e. The molecule has 0 bridgehead atoms. The number of nitrogens with one attached hydrogen (secondary N) is 2.